The van der Waals surface area contributed by atoms with E-state index in [-0.39, 0.29) is 0 Å². The summed E-state index contributed by atoms with van der Waals surface area (Å²) < 4.78 is 5.12. The molecule has 0 aromatic heterocycles. The third-order valence-corrected chi connectivity index (χ3v) is 4.09. The van der Waals surface area contributed by atoms with E-state index in [1.54, 1.807) is 7.11 Å². The maximum Gasteiger partial charge on any atom is 0.118 e. The lowest BCUT2D eigenvalue weighted by molar-refractivity contribution is 0.174. The van der Waals surface area contributed by atoms with Crippen molar-refractivity contribution in [2.75, 3.05) is 13.7 Å². The Labute approximate surface area is 125 Å². The number of aliphatic hydroxyl groups excluding tert-OH is 1. The van der Waals surface area contributed by atoms with Gasteiger partial charge in [0, 0.05) is 18.5 Å². The lowest BCUT2D eigenvalue weighted by atomic mass is 10.1. The molecule has 3 unspecified atom stereocenters. The molecule has 3 rings (SSSR count). The summed E-state index contributed by atoms with van der Waals surface area (Å²) in [6.07, 6.45) is 0.673. The van der Waals surface area contributed by atoms with Crippen molar-refractivity contribution in [3.05, 3.63) is 65.7 Å². The largest absolute Gasteiger partial charge is 0.497 e. The van der Waals surface area contributed by atoms with Gasteiger partial charge < -0.3 is 15.2 Å². The Bertz CT molecular complexity index is 568. The number of aliphatic hydroxyl groups is 1. The molecule has 1 saturated carbocycles. The summed E-state index contributed by atoms with van der Waals surface area (Å²) in [6, 6.07) is 18.6. The lowest BCUT2D eigenvalue weighted by Crippen LogP contribution is -2.24. The van der Waals surface area contributed by atoms with E-state index in [0.29, 0.717) is 18.5 Å². The molecule has 0 aliphatic heterocycles. The van der Waals surface area contributed by atoms with Gasteiger partial charge in [-0.3, -0.25) is 0 Å². The van der Waals surface area contributed by atoms with Crippen LogP contribution >= 0.6 is 0 Å². The van der Waals surface area contributed by atoms with Crippen LogP contribution in [0, 0.1) is 0 Å². The highest BCUT2D eigenvalue weighted by Crippen LogP contribution is 2.40. The normalized spacial score (nSPS) is 21.8. The summed E-state index contributed by atoms with van der Waals surface area (Å²) in [7, 11) is 1.64. The van der Waals surface area contributed by atoms with Gasteiger partial charge in [-0.05, 0) is 29.7 Å². The van der Waals surface area contributed by atoms with Crippen molar-refractivity contribution in [2.24, 2.45) is 0 Å². The van der Waals surface area contributed by atoms with Crippen LogP contribution in [0.4, 0.5) is 0 Å². The minimum absolute atomic E-state index is 0.479. The number of methoxy groups -OCH3 is 1. The van der Waals surface area contributed by atoms with Crippen LogP contribution < -0.4 is 10.1 Å². The predicted octanol–water partition coefficient (Wildman–Crippen LogP) is 2.87. The van der Waals surface area contributed by atoms with Crippen LogP contribution in [-0.2, 0) is 0 Å². The highest BCUT2D eigenvalue weighted by atomic mass is 16.5. The molecule has 2 aromatic carbocycles. The maximum absolute atomic E-state index is 10.2. The standard InChI is InChI=1S/C18H21NO2/c1-21-15-9-7-14(8-10-15)18(20)12-19-17-11-16(17)13-5-3-2-4-6-13/h2-10,16-20H,11-12H2,1H3. The number of rotatable bonds is 6. The third kappa shape index (κ3) is 3.43. The van der Waals surface area contributed by atoms with Crippen LogP contribution in [0.25, 0.3) is 0 Å². The highest BCUT2D eigenvalue weighted by molar-refractivity contribution is 5.29. The van der Waals surface area contributed by atoms with E-state index in [0.717, 1.165) is 17.7 Å². The Morgan fingerprint density at radius 1 is 1.14 bits per heavy atom. The van der Waals surface area contributed by atoms with Crippen LogP contribution in [0.5, 0.6) is 5.75 Å². The fraction of sp³-hybridized carbons (Fsp3) is 0.333. The first-order valence-electron chi connectivity index (χ1n) is 7.38. The monoisotopic (exact) mass is 283 g/mol. The molecule has 2 N–H and O–H groups in total. The Hall–Kier alpha value is -1.84. The van der Waals surface area contributed by atoms with Gasteiger partial charge in [-0.15, -0.1) is 0 Å². The topological polar surface area (TPSA) is 41.5 Å². The van der Waals surface area contributed by atoms with E-state index in [2.05, 4.69) is 29.6 Å². The van der Waals surface area contributed by atoms with E-state index >= 15 is 0 Å². The Balaban J connectivity index is 1.49. The summed E-state index contributed by atoms with van der Waals surface area (Å²) in [5, 5.41) is 13.7. The zero-order chi connectivity index (χ0) is 14.7. The Morgan fingerprint density at radius 3 is 2.52 bits per heavy atom. The molecule has 3 heteroatoms. The van der Waals surface area contributed by atoms with Gasteiger partial charge in [-0.1, -0.05) is 42.5 Å². The van der Waals surface area contributed by atoms with Crippen molar-refractivity contribution in [3.63, 3.8) is 0 Å². The number of hydrogen-bond donors (Lipinski definition) is 2. The first-order chi connectivity index (χ1) is 10.3. The van der Waals surface area contributed by atoms with Gasteiger partial charge in [0.05, 0.1) is 13.2 Å². The van der Waals surface area contributed by atoms with Crippen molar-refractivity contribution in [3.8, 4) is 5.75 Å². The summed E-state index contributed by atoms with van der Waals surface area (Å²) in [5.74, 6) is 1.40. The number of nitrogens with one attached hydrogen (secondary N) is 1. The van der Waals surface area contributed by atoms with Crippen LogP contribution in [0.15, 0.2) is 54.6 Å². The molecular weight excluding hydrogens is 262 g/mol. The minimum atomic E-state index is -0.479. The summed E-state index contributed by atoms with van der Waals surface area (Å²) >= 11 is 0. The van der Waals surface area contributed by atoms with Crippen molar-refractivity contribution < 1.29 is 9.84 Å². The maximum atomic E-state index is 10.2. The van der Waals surface area contributed by atoms with Gasteiger partial charge in [0.2, 0.25) is 0 Å². The van der Waals surface area contributed by atoms with E-state index in [9.17, 15) is 5.11 Å². The molecule has 1 aliphatic carbocycles. The summed E-state index contributed by atoms with van der Waals surface area (Å²) in [5.41, 5.74) is 2.30. The van der Waals surface area contributed by atoms with Crippen LogP contribution in [0.2, 0.25) is 0 Å². The van der Waals surface area contributed by atoms with Gasteiger partial charge in [-0.2, -0.15) is 0 Å². The molecule has 0 radical (unpaired) electrons. The van der Waals surface area contributed by atoms with E-state index in [1.165, 1.54) is 5.56 Å². The van der Waals surface area contributed by atoms with Crippen molar-refractivity contribution in [1.82, 2.24) is 5.32 Å². The average Bonchev–Trinajstić information content (AvgIpc) is 3.33. The molecule has 0 heterocycles. The van der Waals surface area contributed by atoms with Gasteiger partial charge in [0.1, 0.15) is 5.75 Å². The molecule has 1 fully saturated rings. The zero-order valence-corrected chi connectivity index (χ0v) is 12.2. The van der Waals surface area contributed by atoms with Crippen LogP contribution in [0.3, 0.4) is 0 Å². The second kappa shape index (κ2) is 6.29. The average molecular weight is 283 g/mol. The fourth-order valence-corrected chi connectivity index (χ4v) is 2.70. The third-order valence-electron chi connectivity index (χ3n) is 4.09. The van der Waals surface area contributed by atoms with E-state index < -0.39 is 6.10 Å². The Kier molecular flexibility index (Phi) is 4.23. The number of benzene rings is 2. The first kappa shape index (κ1) is 14.1. The first-order valence-corrected chi connectivity index (χ1v) is 7.38. The quantitative estimate of drug-likeness (QED) is 0.856. The molecule has 21 heavy (non-hydrogen) atoms. The SMILES string of the molecule is COc1ccc(C(O)CNC2CC2c2ccccc2)cc1. The lowest BCUT2D eigenvalue weighted by Gasteiger charge is -2.13. The van der Waals surface area contributed by atoms with E-state index in [4.69, 9.17) is 4.74 Å². The second-order valence-corrected chi connectivity index (χ2v) is 5.56. The molecule has 3 nitrogen and oxygen atoms in total. The van der Waals surface area contributed by atoms with E-state index in [1.807, 2.05) is 30.3 Å². The smallest absolute Gasteiger partial charge is 0.118 e. The highest BCUT2D eigenvalue weighted by Gasteiger charge is 2.37. The van der Waals surface area contributed by atoms with Gasteiger partial charge in [0.25, 0.3) is 0 Å². The zero-order valence-electron chi connectivity index (χ0n) is 12.2. The number of hydrogen-bond acceptors (Lipinski definition) is 3. The molecule has 0 spiro atoms. The van der Waals surface area contributed by atoms with Gasteiger partial charge in [-0.25, -0.2) is 0 Å². The molecule has 0 amide bonds. The summed E-state index contributed by atoms with van der Waals surface area (Å²) in [4.78, 5) is 0. The molecule has 1 aliphatic rings. The van der Waals surface area contributed by atoms with Gasteiger partial charge in [0.15, 0.2) is 0 Å². The fourth-order valence-electron chi connectivity index (χ4n) is 2.70. The number of ether oxygens (including phenoxy) is 1. The predicted molar refractivity (Wildman–Crippen MR) is 83.5 cm³/mol. The molecule has 110 valence electrons. The molecule has 0 bridgehead atoms. The summed E-state index contributed by atoms with van der Waals surface area (Å²) in [6.45, 7) is 0.584. The molecule has 3 atom stereocenters. The second-order valence-electron chi connectivity index (χ2n) is 5.56. The minimum Gasteiger partial charge on any atom is -0.497 e. The van der Waals surface area contributed by atoms with Gasteiger partial charge >= 0.3 is 0 Å². The molecular formula is C18H21NO2. The van der Waals surface area contributed by atoms with Crippen molar-refractivity contribution >= 4 is 0 Å². The Morgan fingerprint density at radius 2 is 1.86 bits per heavy atom. The van der Waals surface area contributed by atoms with Crippen LogP contribution in [-0.4, -0.2) is 24.8 Å². The molecule has 0 saturated heterocycles. The van der Waals surface area contributed by atoms with Crippen molar-refractivity contribution in [1.29, 1.82) is 0 Å². The van der Waals surface area contributed by atoms with Crippen LogP contribution in [0.1, 0.15) is 29.6 Å². The van der Waals surface area contributed by atoms with Crippen molar-refractivity contribution in [2.45, 2.75) is 24.5 Å². The molecule has 2 aromatic rings.